The Morgan fingerprint density at radius 1 is 1.42 bits per heavy atom. The normalized spacial score (nSPS) is 18.5. The van der Waals surface area contributed by atoms with Gasteiger partial charge >= 0.3 is 5.97 Å². The van der Waals surface area contributed by atoms with Crippen LogP contribution in [-0.4, -0.2) is 24.5 Å². The van der Waals surface area contributed by atoms with Gasteiger partial charge < -0.3 is 9.47 Å². The van der Waals surface area contributed by atoms with Crippen molar-refractivity contribution in [2.45, 2.75) is 19.4 Å². The number of benzene rings is 1. The van der Waals surface area contributed by atoms with Crippen LogP contribution in [0.3, 0.4) is 0 Å². The number of halogens is 1. The Labute approximate surface area is 116 Å². The second-order valence-electron chi connectivity index (χ2n) is 4.04. The van der Waals surface area contributed by atoms with E-state index < -0.39 is 12.1 Å². The quantitative estimate of drug-likeness (QED) is 0.629. The largest absolute Gasteiger partial charge is 0.498 e. The second kappa shape index (κ2) is 5.89. The predicted octanol–water partition coefficient (Wildman–Crippen LogP) is 2.76. The highest BCUT2D eigenvalue weighted by atomic mass is 35.5. The molecule has 1 unspecified atom stereocenters. The zero-order chi connectivity index (χ0) is 13.8. The van der Waals surface area contributed by atoms with Crippen LogP contribution in [0.15, 0.2) is 36.1 Å². The minimum atomic E-state index is -0.833. The Morgan fingerprint density at radius 2 is 2.11 bits per heavy atom. The number of cyclic esters (lactones) is 1. The molecule has 1 aromatic carbocycles. The second-order valence-corrected chi connectivity index (χ2v) is 4.48. The van der Waals surface area contributed by atoms with E-state index in [0.717, 1.165) is 0 Å². The summed E-state index contributed by atoms with van der Waals surface area (Å²) >= 11 is 5.76. The fourth-order valence-electron chi connectivity index (χ4n) is 1.82. The smallest absolute Gasteiger partial charge is 0.334 e. The number of carbonyl (C=O) groups excluding carboxylic acids is 2. The van der Waals surface area contributed by atoms with Crippen molar-refractivity contribution in [3.05, 3.63) is 46.7 Å². The maximum atomic E-state index is 12.2. The van der Waals surface area contributed by atoms with Gasteiger partial charge in [0.1, 0.15) is 5.76 Å². The van der Waals surface area contributed by atoms with Gasteiger partial charge in [-0.15, -0.1) is 0 Å². The molecule has 2 rings (SSSR count). The lowest BCUT2D eigenvalue weighted by molar-refractivity contribution is -0.143. The highest BCUT2D eigenvalue weighted by Crippen LogP contribution is 2.21. The first kappa shape index (κ1) is 13.6. The molecule has 5 heteroatoms. The van der Waals surface area contributed by atoms with Gasteiger partial charge in [-0.3, -0.25) is 4.79 Å². The van der Waals surface area contributed by atoms with Crippen LogP contribution in [0.5, 0.6) is 0 Å². The number of rotatable bonds is 4. The van der Waals surface area contributed by atoms with Gasteiger partial charge in [-0.2, -0.15) is 0 Å². The van der Waals surface area contributed by atoms with Crippen molar-refractivity contribution in [1.29, 1.82) is 0 Å². The number of Topliss-reactive ketones (excluding diaryl/α,β-unsaturated/α-hetero) is 1. The topological polar surface area (TPSA) is 52.6 Å². The Kier molecular flexibility index (Phi) is 4.22. The third-order valence-corrected chi connectivity index (χ3v) is 2.93. The summed E-state index contributed by atoms with van der Waals surface area (Å²) in [5.41, 5.74) is 0.458. The van der Waals surface area contributed by atoms with Gasteiger partial charge in [0.25, 0.3) is 0 Å². The van der Waals surface area contributed by atoms with E-state index in [4.69, 9.17) is 21.1 Å². The van der Waals surface area contributed by atoms with Crippen LogP contribution in [0.2, 0.25) is 5.02 Å². The number of ketones is 1. The van der Waals surface area contributed by atoms with E-state index in [2.05, 4.69) is 0 Å². The van der Waals surface area contributed by atoms with Gasteiger partial charge in [0, 0.05) is 10.6 Å². The molecule has 0 N–H and O–H groups in total. The number of esters is 1. The maximum absolute atomic E-state index is 12.2. The molecule has 0 aromatic heterocycles. The maximum Gasteiger partial charge on any atom is 0.334 e. The molecule has 0 bridgehead atoms. The molecule has 0 saturated heterocycles. The Morgan fingerprint density at radius 3 is 2.74 bits per heavy atom. The summed E-state index contributed by atoms with van der Waals surface area (Å²) < 4.78 is 10.3. The Bertz CT molecular complexity index is 519. The molecule has 19 heavy (non-hydrogen) atoms. The minimum Gasteiger partial charge on any atom is -0.498 e. The number of carbonyl (C=O) groups is 2. The summed E-state index contributed by atoms with van der Waals surface area (Å²) in [5, 5.41) is 0.548. The van der Waals surface area contributed by atoms with Gasteiger partial charge in [-0.05, 0) is 31.2 Å². The first-order valence-corrected chi connectivity index (χ1v) is 6.31. The first-order chi connectivity index (χ1) is 9.10. The lowest BCUT2D eigenvalue weighted by Crippen LogP contribution is -2.31. The van der Waals surface area contributed by atoms with Crippen LogP contribution in [-0.2, 0) is 14.3 Å². The van der Waals surface area contributed by atoms with Crippen molar-refractivity contribution < 1.29 is 19.1 Å². The lowest BCUT2D eigenvalue weighted by Gasteiger charge is -2.21. The zero-order valence-corrected chi connectivity index (χ0v) is 11.1. The third kappa shape index (κ3) is 3.35. The molecule has 0 aliphatic carbocycles. The molecule has 0 amide bonds. The molecule has 100 valence electrons. The zero-order valence-electron chi connectivity index (χ0n) is 10.4. The van der Waals surface area contributed by atoms with Gasteiger partial charge in [0.05, 0.1) is 19.1 Å². The summed E-state index contributed by atoms with van der Waals surface area (Å²) in [4.78, 5) is 23.6. The monoisotopic (exact) mass is 280 g/mol. The minimum absolute atomic E-state index is 0.254. The van der Waals surface area contributed by atoms with Crippen molar-refractivity contribution >= 4 is 23.4 Å². The predicted molar refractivity (Wildman–Crippen MR) is 70.0 cm³/mol. The van der Waals surface area contributed by atoms with E-state index in [1.54, 1.807) is 24.3 Å². The number of hydrogen-bond acceptors (Lipinski definition) is 4. The van der Waals surface area contributed by atoms with Crippen LogP contribution >= 0.6 is 11.6 Å². The van der Waals surface area contributed by atoms with E-state index in [-0.39, 0.29) is 12.2 Å². The molecule has 0 spiro atoms. The molecule has 1 aliphatic heterocycles. The van der Waals surface area contributed by atoms with Crippen molar-refractivity contribution in [3.63, 3.8) is 0 Å². The average Bonchev–Trinajstić information content (AvgIpc) is 2.38. The van der Waals surface area contributed by atoms with Crippen LogP contribution in [0, 0.1) is 0 Å². The van der Waals surface area contributed by atoms with Gasteiger partial charge in [0.15, 0.2) is 6.10 Å². The van der Waals surface area contributed by atoms with E-state index >= 15 is 0 Å². The number of ether oxygens (including phenoxy) is 2. The summed E-state index contributed by atoms with van der Waals surface area (Å²) in [6.07, 6.45) is 0.705. The van der Waals surface area contributed by atoms with Crippen LogP contribution < -0.4 is 0 Å². The molecule has 4 nitrogen and oxygen atoms in total. The standard InChI is InChI=1S/C14H13ClO4/c1-2-18-11-7-12(19-13(16)8-11)14(17)9-3-5-10(15)6-4-9/h3-6,8,12H,2,7H2,1H3. The van der Waals surface area contributed by atoms with Gasteiger partial charge in [-0.25, -0.2) is 4.79 Å². The highest BCUT2D eigenvalue weighted by molar-refractivity contribution is 6.30. The van der Waals surface area contributed by atoms with Crippen molar-refractivity contribution in [2.75, 3.05) is 6.61 Å². The molecule has 1 heterocycles. The molecular formula is C14H13ClO4. The van der Waals surface area contributed by atoms with Gasteiger partial charge in [0.2, 0.25) is 5.78 Å². The summed E-state index contributed by atoms with van der Waals surface area (Å²) in [7, 11) is 0. The van der Waals surface area contributed by atoms with Gasteiger partial charge in [-0.1, -0.05) is 11.6 Å². The van der Waals surface area contributed by atoms with Crippen molar-refractivity contribution in [1.82, 2.24) is 0 Å². The third-order valence-electron chi connectivity index (χ3n) is 2.67. The van der Waals surface area contributed by atoms with E-state index in [9.17, 15) is 9.59 Å². The van der Waals surface area contributed by atoms with E-state index in [1.165, 1.54) is 6.08 Å². The fourth-order valence-corrected chi connectivity index (χ4v) is 1.95. The molecule has 1 aliphatic rings. The fraction of sp³-hybridized carbons (Fsp3) is 0.286. The van der Waals surface area contributed by atoms with E-state index in [0.29, 0.717) is 23.0 Å². The van der Waals surface area contributed by atoms with Crippen LogP contribution in [0.25, 0.3) is 0 Å². The number of hydrogen-bond donors (Lipinski definition) is 0. The molecule has 0 radical (unpaired) electrons. The molecule has 0 saturated carbocycles. The molecular weight excluding hydrogens is 268 g/mol. The summed E-state index contributed by atoms with van der Waals surface area (Å²) in [5.74, 6) is -0.330. The summed E-state index contributed by atoms with van der Waals surface area (Å²) in [6, 6.07) is 6.46. The molecule has 1 aromatic rings. The van der Waals surface area contributed by atoms with E-state index in [1.807, 2.05) is 6.92 Å². The first-order valence-electron chi connectivity index (χ1n) is 5.94. The summed E-state index contributed by atoms with van der Waals surface area (Å²) in [6.45, 7) is 2.26. The Balaban J connectivity index is 2.14. The Hall–Kier alpha value is -1.81. The van der Waals surface area contributed by atoms with Crippen LogP contribution in [0.1, 0.15) is 23.7 Å². The average molecular weight is 281 g/mol. The lowest BCUT2D eigenvalue weighted by atomic mass is 10.0. The SMILES string of the molecule is CCOC1=CC(=O)OC(C(=O)c2ccc(Cl)cc2)C1. The van der Waals surface area contributed by atoms with Crippen molar-refractivity contribution in [2.24, 2.45) is 0 Å². The van der Waals surface area contributed by atoms with Crippen LogP contribution in [0.4, 0.5) is 0 Å². The molecule has 1 atom stereocenters. The highest BCUT2D eigenvalue weighted by Gasteiger charge is 2.29. The molecule has 0 fully saturated rings. The van der Waals surface area contributed by atoms with Crippen molar-refractivity contribution in [3.8, 4) is 0 Å².